The lowest BCUT2D eigenvalue weighted by Crippen LogP contribution is -2.23. The molecule has 2 aromatic carbocycles. The van der Waals surface area contributed by atoms with Crippen LogP contribution in [-0.2, 0) is 6.54 Å². The van der Waals surface area contributed by atoms with Crippen molar-refractivity contribution in [1.29, 1.82) is 0 Å². The fourth-order valence-electron chi connectivity index (χ4n) is 3.04. The molecule has 1 nitrogen and oxygen atoms in total. The van der Waals surface area contributed by atoms with E-state index < -0.39 is 11.6 Å². The van der Waals surface area contributed by atoms with Crippen LogP contribution in [0.25, 0.3) is 0 Å². The average Bonchev–Trinajstić information content (AvgIpc) is 2.85. The topological polar surface area (TPSA) is 3.24 Å². The van der Waals surface area contributed by atoms with Gasteiger partial charge in [0, 0.05) is 18.7 Å². The van der Waals surface area contributed by atoms with Crippen molar-refractivity contribution in [2.45, 2.75) is 25.4 Å². The monoisotopic (exact) mass is 291 g/mol. The van der Waals surface area contributed by atoms with Crippen LogP contribution in [0.1, 0.15) is 30.0 Å². The molecule has 1 saturated heterocycles. The van der Waals surface area contributed by atoms with E-state index in [0.717, 1.165) is 31.0 Å². The largest absolute Gasteiger partial charge is 0.292 e. The highest BCUT2D eigenvalue weighted by Crippen LogP contribution is 2.33. The second kappa shape index (κ2) is 5.90. The molecule has 0 saturated carbocycles. The minimum absolute atomic E-state index is 0.104. The predicted molar refractivity (Wildman–Crippen MR) is 75.1 cm³/mol. The highest BCUT2D eigenvalue weighted by Gasteiger charge is 2.26. The molecule has 4 heteroatoms. The van der Waals surface area contributed by atoms with Gasteiger partial charge in [-0.3, -0.25) is 4.90 Å². The van der Waals surface area contributed by atoms with Gasteiger partial charge in [-0.15, -0.1) is 0 Å². The van der Waals surface area contributed by atoms with Crippen LogP contribution >= 0.6 is 0 Å². The van der Waals surface area contributed by atoms with Gasteiger partial charge in [0.05, 0.1) is 0 Å². The zero-order chi connectivity index (χ0) is 14.8. The lowest BCUT2D eigenvalue weighted by Gasteiger charge is -2.25. The van der Waals surface area contributed by atoms with E-state index in [1.54, 1.807) is 6.07 Å². The zero-order valence-corrected chi connectivity index (χ0v) is 11.5. The average molecular weight is 291 g/mol. The summed E-state index contributed by atoms with van der Waals surface area (Å²) in [5.74, 6) is -1.38. The number of hydrogen-bond acceptors (Lipinski definition) is 1. The molecule has 0 spiro atoms. The minimum atomic E-state index is -0.563. The van der Waals surface area contributed by atoms with E-state index in [2.05, 4.69) is 4.90 Å². The molecule has 0 bridgehead atoms. The number of hydrogen-bond donors (Lipinski definition) is 0. The lowest BCUT2D eigenvalue weighted by molar-refractivity contribution is 0.247. The van der Waals surface area contributed by atoms with Crippen LogP contribution in [-0.4, -0.2) is 11.4 Å². The Morgan fingerprint density at radius 2 is 1.71 bits per heavy atom. The van der Waals surface area contributed by atoms with Crippen LogP contribution < -0.4 is 0 Å². The summed E-state index contributed by atoms with van der Waals surface area (Å²) in [6, 6.07) is 10.2. The van der Waals surface area contributed by atoms with Gasteiger partial charge in [0.25, 0.3) is 0 Å². The SMILES string of the molecule is Fc1cc(F)cc(CN2CCC[C@@H]2c2cccc(F)c2)c1. The molecule has 1 atom stereocenters. The summed E-state index contributed by atoms with van der Waals surface area (Å²) in [7, 11) is 0. The third-order valence-electron chi connectivity index (χ3n) is 3.91. The van der Waals surface area contributed by atoms with Gasteiger partial charge < -0.3 is 0 Å². The van der Waals surface area contributed by atoms with E-state index in [1.165, 1.54) is 24.3 Å². The summed E-state index contributed by atoms with van der Waals surface area (Å²) in [6.45, 7) is 1.31. The van der Waals surface area contributed by atoms with Crippen LogP contribution in [0.5, 0.6) is 0 Å². The Kier molecular flexibility index (Phi) is 3.97. The molecule has 0 aromatic heterocycles. The van der Waals surface area contributed by atoms with E-state index >= 15 is 0 Å². The van der Waals surface area contributed by atoms with Crippen LogP contribution in [0.15, 0.2) is 42.5 Å². The highest BCUT2D eigenvalue weighted by molar-refractivity contribution is 5.23. The van der Waals surface area contributed by atoms with Gasteiger partial charge in [0.15, 0.2) is 0 Å². The maximum atomic E-state index is 13.4. The first-order valence-electron chi connectivity index (χ1n) is 7.06. The van der Waals surface area contributed by atoms with Crippen LogP contribution in [0, 0.1) is 17.5 Å². The molecule has 21 heavy (non-hydrogen) atoms. The summed E-state index contributed by atoms with van der Waals surface area (Å²) in [6.07, 6.45) is 1.93. The third kappa shape index (κ3) is 3.27. The minimum Gasteiger partial charge on any atom is -0.292 e. The van der Waals surface area contributed by atoms with Gasteiger partial charge in [-0.2, -0.15) is 0 Å². The van der Waals surface area contributed by atoms with Gasteiger partial charge in [-0.25, -0.2) is 13.2 Å². The number of rotatable bonds is 3. The molecule has 0 unspecified atom stereocenters. The smallest absolute Gasteiger partial charge is 0.126 e. The Morgan fingerprint density at radius 1 is 0.952 bits per heavy atom. The van der Waals surface area contributed by atoms with E-state index in [4.69, 9.17) is 0 Å². The molecule has 0 aliphatic carbocycles. The maximum absolute atomic E-state index is 13.4. The second-order valence-electron chi connectivity index (χ2n) is 5.46. The van der Waals surface area contributed by atoms with Gasteiger partial charge in [0.2, 0.25) is 0 Å². The molecule has 3 rings (SSSR count). The number of benzene rings is 2. The molecule has 1 heterocycles. The van der Waals surface area contributed by atoms with Crippen molar-refractivity contribution in [1.82, 2.24) is 4.90 Å². The summed E-state index contributed by atoms with van der Waals surface area (Å²) in [5.41, 5.74) is 1.53. The van der Waals surface area contributed by atoms with Crippen molar-refractivity contribution < 1.29 is 13.2 Å². The lowest BCUT2D eigenvalue weighted by atomic mass is 10.0. The van der Waals surface area contributed by atoms with Crippen LogP contribution in [0.3, 0.4) is 0 Å². The molecular formula is C17H16F3N. The summed E-state index contributed by atoms with van der Waals surface area (Å²) in [4.78, 5) is 2.14. The Labute approximate surface area is 122 Å². The molecular weight excluding hydrogens is 275 g/mol. The van der Waals surface area contributed by atoms with E-state index in [9.17, 15) is 13.2 Å². The van der Waals surface area contributed by atoms with Gasteiger partial charge >= 0.3 is 0 Å². The molecule has 0 radical (unpaired) electrons. The Balaban J connectivity index is 1.81. The quantitative estimate of drug-likeness (QED) is 0.808. The van der Waals surface area contributed by atoms with Crippen LogP contribution in [0.4, 0.5) is 13.2 Å². The third-order valence-corrected chi connectivity index (χ3v) is 3.91. The molecule has 0 N–H and O–H groups in total. The standard InChI is InChI=1S/C17H16F3N/c18-14-4-1-3-13(9-14)17-5-2-6-21(17)11-12-7-15(19)10-16(20)8-12/h1,3-4,7-10,17H,2,5-6,11H2/t17-/m1/s1. The van der Waals surface area contributed by atoms with Crippen molar-refractivity contribution in [3.8, 4) is 0 Å². The highest BCUT2D eigenvalue weighted by atomic mass is 19.1. The van der Waals surface area contributed by atoms with Crippen molar-refractivity contribution in [3.05, 3.63) is 71.0 Å². The first kappa shape index (κ1) is 14.1. The Bertz CT molecular complexity index is 621. The van der Waals surface area contributed by atoms with E-state index in [-0.39, 0.29) is 11.9 Å². The fourth-order valence-corrected chi connectivity index (χ4v) is 3.04. The second-order valence-corrected chi connectivity index (χ2v) is 5.46. The van der Waals surface area contributed by atoms with Gasteiger partial charge in [-0.1, -0.05) is 12.1 Å². The molecule has 110 valence electrons. The zero-order valence-electron chi connectivity index (χ0n) is 11.5. The molecule has 1 aliphatic rings. The normalized spacial score (nSPS) is 19.1. The van der Waals surface area contributed by atoms with Crippen LogP contribution in [0.2, 0.25) is 0 Å². The van der Waals surface area contributed by atoms with Crippen molar-refractivity contribution in [3.63, 3.8) is 0 Å². The molecule has 1 aliphatic heterocycles. The molecule has 1 fully saturated rings. The van der Waals surface area contributed by atoms with Crippen molar-refractivity contribution >= 4 is 0 Å². The summed E-state index contributed by atoms with van der Waals surface area (Å²) in [5, 5.41) is 0. The predicted octanol–water partition coefficient (Wildman–Crippen LogP) is 4.44. The Morgan fingerprint density at radius 3 is 2.43 bits per heavy atom. The molecule has 2 aromatic rings. The van der Waals surface area contributed by atoms with E-state index in [1.807, 2.05) is 6.07 Å². The summed E-state index contributed by atoms with van der Waals surface area (Å²) >= 11 is 0. The van der Waals surface area contributed by atoms with Crippen molar-refractivity contribution in [2.75, 3.05) is 6.54 Å². The summed E-state index contributed by atoms with van der Waals surface area (Å²) < 4.78 is 39.9. The first-order valence-corrected chi connectivity index (χ1v) is 7.06. The number of halogens is 3. The van der Waals surface area contributed by atoms with E-state index in [0.29, 0.717) is 12.1 Å². The first-order chi connectivity index (χ1) is 10.1. The van der Waals surface area contributed by atoms with Gasteiger partial charge in [0.1, 0.15) is 17.5 Å². The fraction of sp³-hybridized carbons (Fsp3) is 0.294. The maximum Gasteiger partial charge on any atom is 0.126 e. The van der Waals surface area contributed by atoms with Gasteiger partial charge in [-0.05, 0) is 54.8 Å². The Hall–Kier alpha value is -1.81. The van der Waals surface area contributed by atoms with Crippen molar-refractivity contribution in [2.24, 2.45) is 0 Å². The molecule has 0 amide bonds. The number of likely N-dealkylation sites (tertiary alicyclic amines) is 1. The number of nitrogens with zero attached hydrogens (tertiary/aromatic N) is 1.